The maximum atomic E-state index is 13.7. The SMILES string of the molecule is [CH2-]CCC1C([Si]c2cc3c(-c4cc(C(F)(F)F)cc(C(F)(F)F)c4)cccc3[cH-]2)=Cc2c(-c3cc(C(F)(F)F)cc(C(F)(F)F)c3)cccc21.[CH3-].[CH3-].[Hf+4]. The third-order valence-corrected chi connectivity index (χ3v) is 9.88. The molecule has 0 bridgehead atoms. The van der Waals surface area contributed by atoms with E-state index in [2.05, 4.69) is 6.92 Å². The van der Waals surface area contributed by atoms with Gasteiger partial charge in [-0.05, 0) is 70.1 Å². The Morgan fingerprint density at radius 3 is 1.53 bits per heavy atom. The van der Waals surface area contributed by atoms with Gasteiger partial charge in [0.25, 0.3) is 0 Å². The van der Waals surface area contributed by atoms with Crippen LogP contribution in [0.2, 0.25) is 0 Å². The van der Waals surface area contributed by atoms with Gasteiger partial charge >= 0.3 is 50.5 Å². The summed E-state index contributed by atoms with van der Waals surface area (Å²) in [6, 6.07) is 15.6. The largest absolute Gasteiger partial charge is 4.00 e. The normalized spacial score (nSPS) is 14.6. The predicted molar refractivity (Wildman–Crippen MR) is 180 cm³/mol. The summed E-state index contributed by atoms with van der Waals surface area (Å²) in [5.41, 5.74) is -4.84. The van der Waals surface area contributed by atoms with Crippen LogP contribution < -0.4 is 5.19 Å². The Morgan fingerprint density at radius 1 is 0.604 bits per heavy atom. The summed E-state index contributed by atoms with van der Waals surface area (Å²) >= 11 is 0. The topological polar surface area (TPSA) is 0 Å². The van der Waals surface area contributed by atoms with Crippen molar-refractivity contribution in [1.82, 2.24) is 0 Å². The quantitative estimate of drug-likeness (QED) is 0.0904. The summed E-state index contributed by atoms with van der Waals surface area (Å²) in [6.07, 6.45) is -17.4. The molecule has 6 rings (SSSR count). The fraction of sp³-hybridized carbons (Fsp3) is 0.179. The van der Waals surface area contributed by atoms with E-state index in [1.807, 2.05) is 0 Å². The van der Waals surface area contributed by atoms with Crippen LogP contribution in [0.4, 0.5) is 52.7 Å². The first-order chi connectivity index (χ1) is 23.2. The van der Waals surface area contributed by atoms with Gasteiger partial charge in [0.1, 0.15) is 0 Å². The Bertz CT molecular complexity index is 2050. The number of hydrogen-bond acceptors (Lipinski definition) is 0. The van der Waals surface area contributed by atoms with Crippen LogP contribution in [0.25, 0.3) is 39.1 Å². The van der Waals surface area contributed by atoms with Gasteiger partial charge in [-0.25, -0.2) is 0 Å². The Kier molecular flexibility index (Phi) is 13.0. The molecule has 14 heteroatoms. The fourth-order valence-electron chi connectivity index (χ4n) is 6.31. The Hall–Kier alpha value is -3.52. The fourth-order valence-corrected chi connectivity index (χ4v) is 7.78. The number of allylic oxidation sites excluding steroid dienone is 1. The van der Waals surface area contributed by atoms with E-state index in [1.165, 1.54) is 18.2 Å². The molecule has 0 saturated carbocycles. The standard InChI is InChI=1S/C37H22F12Si.2CH3.Hf/c1-2-5-30-29-9-4-8-28(21-12-24(36(44,45)46)16-25(13-21)37(47,48)49)32(29)18-33(30)50-26-14-19-6-3-7-27(31(19)17-26)20-10-22(34(38,39)40)15-23(11-20)35(41,42)43;;;/h3-4,6-18,30H,1-2,5H2;2*1H3;/q-2;2*-1;+4. The van der Waals surface area contributed by atoms with Crippen LogP contribution in [-0.4, -0.2) is 9.52 Å². The van der Waals surface area contributed by atoms with E-state index in [9.17, 15) is 52.7 Å². The third kappa shape index (κ3) is 9.07. The summed E-state index contributed by atoms with van der Waals surface area (Å²) in [5, 5.41) is 2.46. The van der Waals surface area contributed by atoms with Gasteiger partial charge in [0, 0.05) is 0 Å². The van der Waals surface area contributed by atoms with Gasteiger partial charge in [0.15, 0.2) is 0 Å². The van der Waals surface area contributed by atoms with E-state index in [0.717, 1.165) is 5.20 Å². The van der Waals surface area contributed by atoms with Crippen molar-refractivity contribution in [2.75, 3.05) is 0 Å². The zero-order valence-electron chi connectivity index (χ0n) is 27.9. The van der Waals surface area contributed by atoms with E-state index < -0.39 is 47.0 Å². The molecule has 0 amide bonds. The molecule has 1 unspecified atom stereocenters. The zero-order valence-corrected chi connectivity index (χ0v) is 32.5. The van der Waals surface area contributed by atoms with Gasteiger partial charge in [-0.1, -0.05) is 47.5 Å². The second-order valence-corrected chi connectivity index (χ2v) is 13.3. The number of alkyl halides is 12. The van der Waals surface area contributed by atoms with Crippen molar-refractivity contribution in [3.8, 4) is 22.3 Å². The molecule has 0 nitrogen and oxygen atoms in total. The molecule has 0 heterocycles. The first-order valence-electron chi connectivity index (χ1n) is 14.9. The van der Waals surface area contributed by atoms with E-state index in [0.29, 0.717) is 64.2 Å². The average Bonchev–Trinajstić information content (AvgIpc) is 3.59. The first-order valence-corrected chi connectivity index (χ1v) is 15.9. The number of hydrogen-bond donors (Lipinski definition) is 0. The van der Waals surface area contributed by atoms with Crippen LogP contribution >= 0.6 is 0 Å². The van der Waals surface area contributed by atoms with Crippen molar-refractivity contribution >= 4 is 31.6 Å². The van der Waals surface area contributed by atoms with E-state index in [4.69, 9.17) is 0 Å². The maximum Gasteiger partial charge on any atom is 4.00 e. The Labute approximate surface area is 319 Å². The molecular weight excluding hydrogens is 903 g/mol. The minimum Gasteiger partial charge on any atom is -0.358 e. The minimum atomic E-state index is -5.03. The van der Waals surface area contributed by atoms with Crippen LogP contribution in [-0.2, 0) is 50.5 Å². The molecule has 0 saturated heterocycles. The second kappa shape index (κ2) is 15.7. The molecule has 5 aromatic rings. The van der Waals surface area contributed by atoms with Gasteiger partial charge in [-0.3, -0.25) is 0 Å². The van der Waals surface area contributed by atoms with Gasteiger partial charge in [0.2, 0.25) is 0 Å². The minimum absolute atomic E-state index is 0. The molecule has 0 N–H and O–H groups in total. The average molecular weight is 931 g/mol. The summed E-state index contributed by atoms with van der Waals surface area (Å²) in [7, 11) is -0.0964. The van der Waals surface area contributed by atoms with Crippen molar-refractivity contribution in [2.45, 2.75) is 43.5 Å². The van der Waals surface area contributed by atoms with Gasteiger partial charge in [-0.2, -0.15) is 65.2 Å². The molecule has 53 heavy (non-hydrogen) atoms. The number of rotatable bonds is 6. The van der Waals surface area contributed by atoms with Crippen LogP contribution in [0.3, 0.4) is 0 Å². The van der Waals surface area contributed by atoms with Crippen molar-refractivity contribution in [2.24, 2.45) is 0 Å². The van der Waals surface area contributed by atoms with Crippen molar-refractivity contribution < 1.29 is 78.5 Å². The van der Waals surface area contributed by atoms with Gasteiger partial charge < -0.3 is 21.8 Å². The molecule has 1 atom stereocenters. The molecule has 1 aliphatic carbocycles. The Balaban J connectivity index is 0.00000252. The first kappa shape index (κ1) is 43.9. The van der Waals surface area contributed by atoms with Crippen LogP contribution in [0.1, 0.15) is 52.1 Å². The molecule has 0 aromatic heterocycles. The van der Waals surface area contributed by atoms with Crippen molar-refractivity contribution in [3.05, 3.63) is 145 Å². The molecule has 0 fully saturated rings. The molecule has 2 radical (unpaired) electrons. The number of benzene rings is 4. The van der Waals surface area contributed by atoms with E-state index in [1.54, 1.807) is 36.4 Å². The van der Waals surface area contributed by atoms with Crippen LogP contribution in [0, 0.1) is 21.8 Å². The summed E-state index contributed by atoms with van der Waals surface area (Å²) in [5.74, 6) is -0.288. The molecule has 5 aromatic carbocycles. The monoisotopic (exact) mass is 932 g/mol. The summed E-state index contributed by atoms with van der Waals surface area (Å²) in [6.45, 7) is 3.92. The third-order valence-electron chi connectivity index (χ3n) is 8.52. The van der Waals surface area contributed by atoms with Crippen molar-refractivity contribution in [1.29, 1.82) is 0 Å². The van der Waals surface area contributed by atoms with E-state index >= 15 is 0 Å². The summed E-state index contributed by atoms with van der Waals surface area (Å²) in [4.78, 5) is 0. The predicted octanol–water partition coefficient (Wildman–Crippen LogP) is 12.9. The van der Waals surface area contributed by atoms with Crippen LogP contribution in [0.15, 0.2) is 90.1 Å². The molecular formula is C39H28F12HfSi. The van der Waals surface area contributed by atoms with E-state index in [-0.39, 0.29) is 90.5 Å². The number of fused-ring (bicyclic) bond motifs is 2. The smallest absolute Gasteiger partial charge is 0.358 e. The molecule has 1 aliphatic rings. The maximum absolute atomic E-state index is 13.7. The summed E-state index contributed by atoms with van der Waals surface area (Å²) < 4.78 is 164. The molecule has 276 valence electrons. The van der Waals surface area contributed by atoms with Crippen LogP contribution in [0.5, 0.6) is 0 Å². The second-order valence-electron chi connectivity index (χ2n) is 11.9. The molecule has 0 aliphatic heterocycles. The van der Waals surface area contributed by atoms with Gasteiger partial charge in [0.05, 0.1) is 31.8 Å². The number of halogens is 12. The molecule has 0 spiro atoms. The zero-order chi connectivity index (χ0) is 36.4. The van der Waals surface area contributed by atoms with Gasteiger partial charge in [-0.15, -0.1) is 34.2 Å². The van der Waals surface area contributed by atoms with Crippen molar-refractivity contribution in [3.63, 3.8) is 0 Å². The Morgan fingerprint density at radius 2 is 1.06 bits per heavy atom.